The Balaban J connectivity index is 1.70. The van der Waals surface area contributed by atoms with Crippen LogP contribution in [-0.4, -0.2) is 22.1 Å². The van der Waals surface area contributed by atoms with Gasteiger partial charge in [0.1, 0.15) is 0 Å². The lowest BCUT2D eigenvalue weighted by atomic mass is 10.1. The van der Waals surface area contributed by atoms with Crippen molar-refractivity contribution in [2.24, 2.45) is 5.10 Å². The number of aromatic nitrogens is 2. The van der Waals surface area contributed by atoms with Crippen molar-refractivity contribution in [1.82, 2.24) is 15.4 Å². The lowest BCUT2D eigenvalue weighted by Crippen LogP contribution is -2.17. The number of amides is 1. The normalized spacial score (nSPS) is 11.1. The molecule has 1 aromatic heterocycles. The Kier molecular flexibility index (Phi) is 3.47. The van der Waals surface area contributed by atoms with Crippen LogP contribution in [0.3, 0.4) is 0 Å². The van der Waals surface area contributed by atoms with Gasteiger partial charge in [0.05, 0.1) is 17.2 Å². The molecule has 0 aliphatic carbocycles. The molecule has 1 heterocycles. The average Bonchev–Trinajstić information content (AvgIpc) is 2.89. The fourth-order valence-electron chi connectivity index (χ4n) is 2.04. The SMILES string of the molecule is Cc1cccc(C(=O)N/N=C\c2nc3ccccc3[nH]2)c1. The van der Waals surface area contributed by atoms with Crippen LogP contribution in [0.2, 0.25) is 0 Å². The molecule has 2 aromatic carbocycles. The molecule has 0 saturated carbocycles. The summed E-state index contributed by atoms with van der Waals surface area (Å²) in [6, 6.07) is 15.0. The van der Waals surface area contributed by atoms with Crippen molar-refractivity contribution >= 4 is 23.2 Å². The number of carbonyl (C=O) groups is 1. The molecule has 5 nitrogen and oxygen atoms in total. The number of rotatable bonds is 3. The first-order valence-electron chi connectivity index (χ1n) is 6.57. The van der Waals surface area contributed by atoms with Crippen LogP contribution in [0.1, 0.15) is 21.7 Å². The fraction of sp³-hybridized carbons (Fsp3) is 0.0625. The molecule has 0 fully saturated rings. The summed E-state index contributed by atoms with van der Waals surface area (Å²) in [6.07, 6.45) is 1.49. The highest BCUT2D eigenvalue weighted by atomic mass is 16.2. The number of para-hydroxylation sites is 2. The first-order chi connectivity index (χ1) is 10.2. The molecule has 0 radical (unpaired) electrons. The summed E-state index contributed by atoms with van der Waals surface area (Å²) in [5.41, 5.74) is 5.90. The van der Waals surface area contributed by atoms with Crippen LogP contribution in [0.5, 0.6) is 0 Å². The van der Waals surface area contributed by atoms with Crippen LogP contribution in [-0.2, 0) is 0 Å². The van der Waals surface area contributed by atoms with E-state index >= 15 is 0 Å². The number of imidazole rings is 1. The smallest absolute Gasteiger partial charge is 0.271 e. The third-order valence-corrected chi connectivity index (χ3v) is 3.04. The summed E-state index contributed by atoms with van der Waals surface area (Å²) in [5.74, 6) is 0.354. The lowest BCUT2D eigenvalue weighted by Gasteiger charge is -2.00. The van der Waals surface area contributed by atoms with Gasteiger partial charge in [0, 0.05) is 5.56 Å². The predicted octanol–water partition coefficient (Wildman–Crippen LogP) is 2.64. The van der Waals surface area contributed by atoms with Gasteiger partial charge < -0.3 is 4.98 Å². The molecule has 3 rings (SSSR count). The number of fused-ring (bicyclic) bond motifs is 1. The minimum absolute atomic E-state index is 0.244. The minimum atomic E-state index is -0.244. The van der Waals surface area contributed by atoms with Gasteiger partial charge in [0.2, 0.25) is 0 Å². The molecular weight excluding hydrogens is 264 g/mol. The first kappa shape index (κ1) is 13.1. The molecule has 0 aliphatic heterocycles. The van der Waals surface area contributed by atoms with Crippen molar-refractivity contribution in [3.63, 3.8) is 0 Å². The van der Waals surface area contributed by atoms with Crippen molar-refractivity contribution in [3.8, 4) is 0 Å². The van der Waals surface area contributed by atoms with E-state index in [-0.39, 0.29) is 5.91 Å². The number of benzene rings is 2. The van der Waals surface area contributed by atoms with E-state index in [1.807, 2.05) is 49.4 Å². The van der Waals surface area contributed by atoms with Crippen LogP contribution < -0.4 is 5.43 Å². The van der Waals surface area contributed by atoms with Crippen LogP contribution in [0.15, 0.2) is 53.6 Å². The molecule has 21 heavy (non-hydrogen) atoms. The number of nitrogens with one attached hydrogen (secondary N) is 2. The number of hydrogen-bond donors (Lipinski definition) is 2. The molecule has 0 atom stereocenters. The quantitative estimate of drug-likeness (QED) is 0.571. The molecule has 104 valence electrons. The topological polar surface area (TPSA) is 70.1 Å². The van der Waals surface area contributed by atoms with E-state index in [1.165, 1.54) is 6.21 Å². The van der Waals surface area contributed by atoms with E-state index in [4.69, 9.17) is 0 Å². The number of aromatic amines is 1. The van der Waals surface area contributed by atoms with Gasteiger partial charge in [-0.25, -0.2) is 10.4 Å². The zero-order chi connectivity index (χ0) is 14.7. The highest BCUT2D eigenvalue weighted by molar-refractivity contribution is 5.95. The lowest BCUT2D eigenvalue weighted by molar-refractivity contribution is 0.0955. The zero-order valence-electron chi connectivity index (χ0n) is 11.5. The average molecular weight is 278 g/mol. The maximum absolute atomic E-state index is 11.9. The van der Waals surface area contributed by atoms with Gasteiger partial charge in [-0.2, -0.15) is 5.10 Å². The Morgan fingerprint density at radius 2 is 2.10 bits per heavy atom. The minimum Gasteiger partial charge on any atom is -0.337 e. The Bertz CT molecular complexity index is 787. The van der Waals surface area contributed by atoms with Crippen molar-refractivity contribution in [3.05, 3.63) is 65.5 Å². The van der Waals surface area contributed by atoms with E-state index < -0.39 is 0 Å². The van der Waals surface area contributed by atoms with E-state index in [0.717, 1.165) is 16.6 Å². The van der Waals surface area contributed by atoms with Gasteiger partial charge in [0.25, 0.3) is 5.91 Å². The van der Waals surface area contributed by atoms with Crippen molar-refractivity contribution in [2.75, 3.05) is 0 Å². The van der Waals surface area contributed by atoms with Crippen molar-refractivity contribution in [1.29, 1.82) is 0 Å². The molecule has 0 bridgehead atoms. The van der Waals surface area contributed by atoms with Gasteiger partial charge in [-0.15, -0.1) is 0 Å². The highest BCUT2D eigenvalue weighted by Crippen LogP contribution is 2.08. The number of carbonyl (C=O) groups excluding carboxylic acids is 1. The van der Waals surface area contributed by atoms with E-state index in [2.05, 4.69) is 20.5 Å². The second kappa shape index (κ2) is 5.58. The van der Waals surface area contributed by atoms with Crippen LogP contribution in [0.4, 0.5) is 0 Å². The third kappa shape index (κ3) is 2.97. The number of nitrogens with zero attached hydrogens (tertiary/aromatic N) is 2. The second-order valence-corrected chi connectivity index (χ2v) is 4.71. The van der Waals surface area contributed by atoms with Crippen LogP contribution in [0.25, 0.3) is 11.0 Å². The van der Waals surface area contributed by atoms with E-state index in [9.17, 15) is 4.79 Å². The van der Waals surface area contributed by atoms with Crippen LogP contribution in [0, 0.1) is 6.92 Å². The molecule has 5 heteroatoms. The molecule has 0 unspecified atom stereocenters. The Labute approximate surface area is 121 Å². The summed E-state index contributed by atoms with van der Waals surface area (Å²) in [5, 5.41) is 3.92. The summed E-state index contributed by atoms with van der Waals surface area (Å²) in [4.78, 5) is 19.4. The Morgan fingerprint density at radius 3 is 2.90 bits per heavy atom. The molecule has 0 spiro atoms. The summed E-state index contributed by atoms with van der Waals surface area (Å²) in [6.45, 7) is 1.94. The second-order valence-electron chi connectivity index (χ2n) is 4.71. The van der Waals surface area contributed by atoms with Gasteiger partial charge in [-0.05, 0) is 31.2 Å². The molecule has 3 aromatic rings. The van der Waals surface area contributed by atoms with E-state index in [1.54, 1.807) is 6.07 Å². The summed E-state index contributed by atoms with van der Waals surface area (Å²) < 4.78 is 0. The number of hydrazone groups is 1. The third-order valence-electron chi connectivity index (χ3n) is 3.04. The molecule has 1 amide bonds. The molecule has 0 aliphatic rings. The Hall–Kier alpha value is -2.95. The van der Waals surface area contributed by atoms with Gasteiger partial charge in [-0.3, -0.25) is 4.79 Å². The monoisotopic (exact) mass is 278 g/mol. The summed E-state index contributed by atoms with van der Waals surface area (Å²) in [7, 11) is 0. The largest absolute Gasteiger partial charge is 0.337 e. The maximum atomic E-state index is 11.9. The van der Waals surface area contributed by atoms with Gasteiger partial charge in [-0.1, -0.05) is 29.8 Å². The fourth-order valence-corrected chi connectivity index (χ4v) is 2.04. The maximum Gasteiger partial charge on any atom is 0.271 e. The highest BCUT2D eigenvalue weighted by Gasteiger charge is 2.03. The molecular formula is C16H14N4O. The van der Waals surface area contributed by atoms with Crippen LogP contribution >= 0.6 is 0 Å². The first-order valence-corrected chi connectivity index (χ1v) is 6.57. The van der Waals surface area contributed by atoms with E-state index in [0.29, 0.717) is 11.4 Å². The molecule has 2 N–H and O–H groups in total. The predicted molar refractivity (Wildman–Crippen MR) is 82.3 cm³/mol. The van der Waals surface area contributed by atoms with Gasteiger partial charge in [0.15, 0.2) is 5.82 Å². The standard InChI is InChI=1S/C16H14N4O/c1-11-5-4-6-12(9-11)16(21)20-17-10-15-18-13-7-2-3-8-14(13)19-15/h2-10H,1H3,(H,18,19)(H,20,21)/b17-10-. The number of hydrogen-bond acceptors (Lipinski definition) is 3. The summed E-state index contributed by atoms with van der Waals surface area (Å²) >= 11 is 0. The van der Waals surface area contributed by atoms with Crippen molar-refractivity contribution in [2.45, 2.75) is 6.92 Å². The Morgan fingerprint density at radius 1 is 1.24 bits per heavy atom. The van der Waals surface area contributed by atoms with Crippen molar-refractivity contribution < 1.29 is 4.79 Å². The van der Waals surface area contributed by atoms with Gasteiger partial charge >= 0.3 is 0 Å². The number of H-pyrrole nitrogens is 1. The zero-order valence-corrected chi connectivity index (χ0v) is 11.5. The number of aryl methyl sites for hydroxylation is 1. The molecule has 0 saturated heterocycles.